The molecular weight excluding hydrogens is 310 g/mol. The quantitative estimate of drug-likeness (QED) is 0.801. The minimum atomic E-state index is -0.0571. The average molecular weight is 327 g/mol. The normalized spacial score (nSPS) is 17.7. The molecule has 0 unspecified atom stereocenters. The zero-order chi connectivity index (χ0) is 15.6. The Kier molecular flexibility index (Phi) is 3.85. The summed E-state index contributed by atoms with van der Waals surface area (Å²) in [5, 5.41) is 3.86. The predicted molar refractivity (Wildman–Crippen MR) is 90.3 cm³/mol. The Morgan fingerprint density at radius 2 is 2.26 bits per heavy atom. The number of thiazole rings is 1. The Morgan fingerprint density at radius 1 is 1.39 bits per heavy atom. The third-order valence-corrected chi connectivity index (χ3v) is 5.01. The topological polar surface area (TPSA) is 56.1 Å². The maximum absolute atomic E-state index is 12.3. The van der Waals surface area contributed by atoms with Crippen LogP contribution < -0.4 is 5.32 Å². The first-order chi connectivity index (χ1) is 11.3. The van der Waals surface area contributed by atoms with E-state index in [2.05, 4.69) is 10.3 Å². The predicted octanol–water partition coefficient (Wildman–Crippen LogP) is 3.00. The molecule has 1 amide bonds. The molecular formula is C17H17N3O2S. The molecule has 1 aliphatic heterocycles. The largest absolute Gasteiger partial charge is 0.376 e. The van der Waals surface area contributed by atoms with Crippen LogP contribution in [0.25, 0.3) is 15.3 Å². The maximum Gasteiger partial charge on any atom is 0.251 e. The minimum Gasteiger partial charge on any atom is -0.376 e. The Bertz CT molecular complexity index is 820. The zero-order valence-electron chi connectivity index (χ0n) is 12.6. The second-order valence-corrected chi connectivity index (χ2v) is 6.62. The number of benzene rings is 1. The van der Waals surface area contributed by atoms with Crippen molar-refractivity contribution in [1.82, 2.24) is 14.9 Å². The molecule has 23 heavy (non-hydrogen) atoms. The molecule has 0 radical (unpaired) electrons. The number of aromatic nitrogens is 2. The summed E-state index contributed by atoms with van der Waals surface area (Å²) in [6, 6.07) is 9.57. The number of amides is 1. The number of hydrogen-bond donors (Lipinski definition) is 1. The third-order valence-electron chi connectivity index (χ3n) is 3.98. The molecule has 3 aromatic rings. The maximum atomic E-state index is 12.3. The molecule has 1 fully saturated rings. The van der Waals surface area contributed by atoms with Crippen molar-refractivity contribution >= 4 is 27.5 Å². The number of ether oxygens (including phenoxy) is 1. The summed E-state index contributed by atoms with van der Waals surface area (Å²) in [5.74, 6) is -0.0571. The van der Waals surface area contributed by atoms with Gasteiger partial charge < -0.3 is 14.6 Å². The van der Waals surface area contributed by atoms with Crippen LogP contribution in [0.1, 0.15) is 23.2 Å². The van der Waals surface area contributed by atoms with Gasteiger partial charge in [-0.2, -0.15) is 0 Å². The van der Waals surface area contributed by atoms with Crippen LogP contribution in [0.4, 0.5) is 0 Å². The molecule has 118 valence electrons. The molecule has 0 saturated carbocycles. The molecule has 6 heteroatoms. The summed E-state index contributed by atoms with van der Waals surface area (Å²) in [7, 11) is 0. The van der Waals surface area contributed by atoms with Gasteiger partial charge >= 0.3 is 0 Å². The lowest BCUT2D eigenvalue weighted by Gasteiger charge is -2.10. The van der Waals surface area contributed by atoms with Crippen molar-refractivity contribution in [2.24, 2.45) is 0 Å². The lowest BCUT2D eigenvalue weighted by Crippen LogP contribution is -2.31. The molecule has 1 aromatic carbocycles. The van der Waals surface area contributed by atoms with E-state index in [1.807, 2.05) is 47.3 Å². The van der Waals surface area contributed by atoms with Crippen molar-refractivity contribution in [3.8, 4) is 5.13 Å². The standard InChI is InChI=1S/C17H17N3O2S/c21-16(18-11-13-4-3-9-22-13)12-5-6-14-15(10-12)23-17(19-14)20-7-1-2-8-20/h1-2,5-8,10,13H,3-4,9,11H2,(H,18,21)/t13-/m0/s1. The van der Waals surface area contributed by atoms with Gasteiger partial charge in [-0.05, 0) is 43.2 Å². The first kappa shape index (κ1) is 14.4. The number of rotatable bonds is 4. The molecule has 4 rings (SSSR count). The smallest absolute Gasteiger partial charge is 0.251 e. The van der Waals surface area contributed by atoms with E-state index in [4.69, 9.17) is 4.74 Å². The van der Waals surface area contributed by atoms with Crippen LogP contribution in [0, 0.1) is 0 Å². The molecule has 2 aromatic heterocycles. The van der Waals surface area contributed by atoms with Gasteiger partial charge in [-0.25, -0.2) is 4.98 Å². The van der Waals surface area contributed by atoms with Crippen LogP contribution in [-0.4, -0.2) is 34.7 Å². The Balaban J connectivity index is 1.52. The first-order valence-corrected chi connectivity index (χ1v) is 8.55. The fraction of sp³-hybridized carbons (Fsp3) is 0.294. The summed E-state index contributed by atoms with van der Waals surface area (Å²) in [6.07, 6.45) is 6.19. The number of nitrogens with one attached hydrogen (secondary N) is 1. The van der Waals surface area contributed by atoms with Crippen LogP contribution >= 0.6 is 11.3 Å². The van der Waals surface area contributed by atoms with Crippen molar-refractivity contribution in [3.63, 3.8) is 0 Å². The fourth-order valence-electron chi connectivity index (χ4n) is 2.74. The van der Waals surface area contributed by atoms with Crippen molar-refractivity contribution in [2.75, 3.05) is 13.2 Å². The van der Waals surface area contributed by atoms with Crippen LogP contribution in [0.2, 0.25) is 0 Å². The van der Waals surface area contributed by atoms with E-state index < -0.39 is 0 Å². The van der Waals surface area contributed by atoms with Gasteiger partial charge in [-0.3, -0.25) is 4.79 Å². The zero-order valence-corrected chi connectivity index (χ0v) is 13.4. The summed E-state index contributed by atoms with van der Waals surface area (Å²) < 4.78 is 8.52. The summed E-state index contributed by atoms with van der Waals surface area (Å²) >= 11 is 1.58. The lowest BCUT2D eigenvalue weighted by molar-refractivity contribution is 0.0858. The van der Waals surface area contributed by atoms with E-state index in [0.717, 1.165) is 34.8 Å². The molecule has 1 N–H and O–H groups in total. The van der Waals surface area contributed by atoms with Gasteiger partial charge in [0.2, 0.25) is 0 Å². The highest BCUT2D eigenvalue weighted by Crippen LogP contribution is 2.26. The van der Waals surface area contributed by atoms with Crippen LogP contribution in [-0.2, 0) is 4.74 Å². The van der Waals surface area contributed by atoms with Gasteiger partial charge in [0.15, 0.2) is 5.13 Å². The molecule has 0 bridgehead atoms. The number of carbonyl (C=O) groups is 1. The molecule has 1 aliphatic rings. The number of fused-ring (bicyclic) bond motifs is 1. The van der Waals surface area contributed by atoms with Crippen LogP contribution in [0.15, 0.2) is 42.7 Å². The first-order valence-electron chi connectivity index (χ1n) is 7.73. The molecule has 1 atom stereocenters. The average Bonchev–Trinajstić information content (AvgIpc) is 3.32. The highest BCUT2D eigenvalue weighted by Gasteiger charge is 2.17. The van der Waals surface area contributed by atoms with E-state index in [1.54, 1.807) is 11.3 Å². The van der Waals surface area contributed by atoms with E-state index in [-0.39, 0.29) is 12.0 Å². The number of carbonyl (C=O) groups excluding carboxylic acids is 1. The Morgan fingerprint density at radius 3 is 3.04 bits per heavy atom. The summed E-state index contributed by atoms with van der Waals surface area (Å²) in [4.78, 5) is 16.9. The van der Waals surface area contributed by atoms with E-state index in [1.165, 1.54) is 0 Å². The molecule has 5 nitrogen and oxygen atoms in total. The van der Waals surface area contributed by atoms with Gasteiger partial charge in [-0.15, -0.1) is 0 Å². The fourth-order valence-corrected chi connectivity index (χ4v) is 3.71. The highest BCUT2D eigenvalue weighted by molar-refractivity contribution is 7.20. The summed E-state index contributed by atoms with van der Waals surface area (Å²) in [6.45, 7) is 1.38. The van der Waals surface area contributed by atoms with Crippen molar-refractivity contribution in [3.05, 3.63) is 48.3 Å². The van der Waals surface area contributed by atoms with E-state index in [9.17, 15) is 4.79 Å². The Hall–Kier alpha value is -2.18. The van der Waals surface area contributed by atoms with Gasteiger partial charge in [-0.1, -0.05) is 11.3 Å². The van der Waals surface area contributed by atoms with Gasteiger partial charge in [0.25, 0.3) is 5.91 Å². The van der Waals surface area contributed by atoms with Crippen molar-refractivity contribution in [2.45, 2.75) is 18.9 Å². The Labute approximate surface area is 137 Å². The number of nitrogens with zero attached hydrogens (tertiary/aromatic N) is 2. The van der Waals surface area contributed by atoms with Crippen LogP contribution in [0.5, 0.6) is 0 Å². The second kappa shape index (κ2) is 6.14. The summed E-state index contributed by atoms with van der Waals surface area (Å²) in [5.41, 5.74) is 1.58. The number of hydrogen-bond acceptors (Lipinski definition) is 4. The SMILES string of the molecule is O=C(NC[C@@H]1CCCO1)c1ccc2nc(-n3cccc3)sc2c1. The van der Waals surface area contributed by atoms with E-state index in [0.29, 0.717) is 12.1 Å². The molecule has 0 spiro atoms. The molecule has 1 saturated heterocycles. The lowest BCUT2D eigenvalue weighted by atomic mass is 10.2. The molecule has 0 aliphatic carbocycles. The highest BCUT2D eigenvalue weighted by atomic mass is 32.1. The van der Waals surface area contributed by atoms with E-state index >= 15 is 0 Å². The third kappa shape index (κ3) is 3.00. The van der Waals surface area contributed by atoms with Crippen molar-refractivity contribution in [1.29, 1.82) is 0 Å². The van der Waals surface area contributed by atoms with Gasteiger partial charge in [0.05, 0.1) is 16.3 Å². The van der Waals surface area contributed by atoms with Crippen LogP contribution in [0.3, 0.4) is 0 Å². The van der Waals surface area contributed by atoms with Crippen molar-refractivity contribution < 1.29 is 9.53 Å². The minimum absolute atomic E-state index is 0.0571. The molecule has 3 heterocycles. The van der Waals surface area contributed by atoms with Gasteiger partial charge in [0.1, 0.15) is 0 Å². The second-order valence-electron chi connectivity index (χ2n) is 5.61. The van der Waals surface area contributed by atoms with Gasteiger partial charge in [0, 0.05) is 31.1 Å². The monoisotopic (exact) mass is 327 g/mol.